The molecule has 6 aliphatic rings. The molecule has 0 amide bonds. The van der Waals surface area contributed by atoms with Crippen LogP contribution in [-0.4, -0.2) is 186 Å². The molecule has 4 heterocycles. The lowest BCUT2D eigenvalue weighted by Gasteiger charge is -2.62. The highest BCUT2D eigenvalue weighted by atomic mass is 16.8. The van der Waals surface area contributed by atoms with Gasteiger partial charge in [-0.15, -0.1) is 6.58 Å². The quantitative estimate of drug-likeness (QED) is 0.111. The summed E-state index contributed by atoms with van der Waals surface area (Å²) in [5.74, 6) is 0.0949. The van der Waals surface area contributed by atoms with Crippen molar-refractivity contribution in [3.63, 3.8) is 0 Å². The van der Waals surface area contributed by atoms with Crippen LogP contribution < -0.4 is 0 Å². The molecule has 4 saturated heterocycles. The molecule has 25 atom stereocenters. The normalized spacial score (nSPS) is 53.0. The van der Waals surface area contributed by atoms with Crippen LogP contribution >= 0.6 is 0 Å². The third-order valence-corrected chi connectivity index (χ3v) is 15.3. The molecular formula is C43H72O18. The van der Waals surface area contributed by atoms with Gasteiger partial charge in [0.05, 0.1) is 36.6 Å². The number of rotatable bonds is 12. The van der Waals surface area contributed by atoms with Gasteiger partial charge in [0.1, 0.15) is 73.2 Å². The minimum Gasteiger partial charge on any atom is -0.388 e. The Balaban J connectivity index is 1.26. The van der Waals surface area contributed by atoms with Crippen molar-refractivity contribution in [3.8, 4) is 0 Å². The maximum absolute atomic E-state index is 12.1. The highest BCUT2D eigenvalue weighted by molar-refractivity contribution is 5.24. The van der Waals surface area contributed by atoms with Crippen LogP contribution in [0.25, 0.3) is 0 Å². The molecule has 6 rings (SSSR count). The van der Waals surface area contributed by atoms with Crippen molar-refractivity contribution in [2.45, 2.75) is 216 Å². The molecule has 0 unspecified atom stereocenters. The Kier molecular flexibility index (Phi) is 15.3. The fourth-order valence-corrected chi connectivity index (χ4v) is 10.6. The molecule has 0 aromatic rings. The van der Waals surface area contributed by atoms with Crippen LogP contribution in [0.4, 0.5) is 0 Å². The highest BCUT2D eigenvalue weighted by Gasteiger charge is 2.61. The van der Waals surface area contributed by atoms with E-state index in [2.05, 4.69) is 40.3 Å². The highest BCUT2D eigenvalue weighted by Crippen LogP contribution is 2.63. The Bertz CT molecular complexity index is 1520. The standard InChI is InChI=1S/C43H72O18/c1-10-41(7,61-37-31(50)28(47)23(44)17-54-37)14-15-42(8)19(3)16-25(43(9)18(2)12-11-13-24(42)43)58-40-36(60-39-33(52)30(49)27(46)21(5)56-39)34(53)35(22(6)57-40)59-38-32(51)29(48)26(45)20(4)55-38/h10,12,19-40,44-53H,1,11,13-17H2,2-9H3/t19-,20-,21-,22+,23+,24-,25+,26+,27-,28+,29+,30+,31-,32-,33-,34-,35+,36-,37+,38+,39+,40+,41-,42+,43+/m1/s1. The summed E-state index contributed by atoms with van der Waals surface area (Å²) in [7, 11) is 0. The number of hydrogen-bond acceptors (Lipinski definition) is 18. The molecular weight excluding hydrogens is 804 g/mol. The molecule has 0 bridgehead atoms. The first kappa shape index (κ1) is 49.2. The van der Waals surface area contributed by atoms with Crippen molar-refractivity contribution >= 4 is 0 Å². The zero-order chi connectivity index (χ0) is 45.1. The summed E-state index contributed by atoms with van der Waals surface area (Å²) >= 11 is 0. The Morgan fingerprint density at radius 3 is 1.82 bits per heavy atom. The molecule has 18 nitrogen and oxygen atoms in total. The average molecular weight is 877 g/mol. The number of aliphatic hydroxyl groups is 10. The van der Waals surface area contributed by atoms with E-state index >= 15 is 0 Å². The molecule has 61 heavy (non-hydrogen) atoms. The molecule has 18 heteroatoms. The average Bonchev–Trinajstić information content (AvgIpc) is 3.22. The Labute approximate surface area is 358 Å². The van der Waals surface area contributed by atoms with Crippen LogP contribution in [0.15, 0.2) is 24.3 Å². The SMILES string of the molecule is C=C[C@](C)(CC[C@@]1(C)[C@H](C)C[C@H](O[C@@H]2O[C@@H](C)[C@H](O[C@@H]3O[C@H](C)[C@H](O)[C@H](O)[C@H]3O)[C@@H](O)[C@H]2O[C@@H]2O[C@H](C)[C@@H](O)[C@H](O)[C@H]2O)[C@@]2(C)C(C)=CCC[C@H]12)O[C@@H]1OC[C@H](O)[C@H](O)[C@H]1O. The van der Waals surface area contributed by atoms with Gasteiger partial charge < -0.3 is 89.0 Å². The van der Waals surface area contributed by atoms with E-state index in [1.807, 2.05) is 6.92 Å². The fourth-order valence-electron chi connectivity index (χ4n) is 10.6. The molecule has 2 aliphatic carbocycles. The summed E-state index contributed by atoms with van der Waals surface area (Å²) in [4.78, 5) is 0. The Hall–Kier alpha value is -1.24. The lowest BCUT2D eigenvalue weighted by molar-refractivity contribution is -0.390. The van der Waals surface area contributed by atoms with Crippen LogP contribution in [0.3, 0.4) is 0 Å². The van der Waals surface area contributed by atoms with E-state index in [4.69, 9.17) is 37.9 Å². The van der Waals surface area contributed by atoms with Gasteiger partial charge in [0.25, 0.3) is 0 Å². The van der Waals surface area contributed by atoms with Gasteiger partial charge in [-0.3, -0.25) is 0 Å². The van der Waals surface area contributed by atoms with Crippen LogP contribution in [0, 0.1) is 22.7 Å². The number of aliphatic hydroxyl groups excluding tert-OH is 10. The zero-order valence-electron chi connectivity index (χ0n) is 36.5. The summed E-state index contributed by atoms with van der Waals surface area (Å²) in [5.41, 5.74) is -0.726. The van der Waals surface area contributed by atoms with E-state index in [0.29, 0.717) is 19.3 Å². The summed E-state index contributed by atoms with van der Waals surface area (Å²) in [6.07, 6.45) is -19.4. The first-order valence-electron chi connectivity index (χ1n) is 21.8. The number of allylic oxidation sites excluding steroid dienone is 1. The van der Waals surface area contributed by atoms with Crippen LogP contribution in [0.2, 0.25) is 0 Å². The lowest BCUT2D eigenvalue weighted by atomic mass is 9.45. The Morgan fingerprint density at radius 1 is 0.705 bits per heavy atom. The third-order valence-electron chi connectivity index (χ3n) is 15.3. The monoisotopic (exact) mass is 876 g/mol. The molecule has 4 aliphatic heterocycles. The van der Waals surface area contributed by atoms with E-state index in [0.717, 1.165) is 18.4 Å². The topological polar surface area (TPSA) is 276 Å². The number of fused-ring (bicyclic) bond motifs is 1. The molecule has 10 N–H and O–H groups in total. The molecule has 0 aromatic heterocycles. The minimum atomic E-state index is -1.73. The van der Waals surface area contributed by atoms with Crippen molar-refractivity contribution in [2.75, 3.05) is 6.61 Å². The molecule has 352 valence electrons. The summed E-state index contributed by atoms with van der Waals surface area (Å²) in [6.45, 7) is 19.0. The van der Waals surface area contributed by atoms with Gasteiger partial charge in [-0.05, 0) is 84.0 Å². The predicted octanol–water partition coefficient (Wildman–Crippen LogP) is -0.508. The largest absolute Gasteiger partial charge is 0.388 e. The van der Waals surface area contributed by atoms with Gasteiger partial charge in [-0.1, -0.05) is 38.5 Å². The Morgan fingerprint density at radius 2 is 1.25 bits per heavy atom. The zero-order valence-corrected chi connectivity index (χ0v) is 36.5. The molecule has 0 spiro atoms. The van der Waals surface area contributed by atoms with Gasteiger partial charge in [0.2, 0.25) is 0 Å². The van der Waals surface area contributed by atoms with Crippen LogP contribution in [0.1, 0.15) is 87.5 Å². The first-order valence-corrected chi connectivity index (χ1v) is 21.8. The van der Waals surface area contributed by atoms with Crippen molar-refractivity contribution < 1.29 is 89.0 Å². The van der Waals surface area contributed by atoms with E-state index < -0.39 is 134 Å². The maximum Gasteiger partial charge on any atom is 0.187 e. The lowest BCUT2D eigenvalue weighted by Crippen LogP contribution is -2.66. The predicted molar refractivity (Wildman–Crippen MR) is 213 cm³/mol. The molecule has 1 saturated carbocycles. The smallest absolute Gasteiger partial charge is 0.187 e. The number of ether oxygens (including phenoxy) is 8. The third kappa shape index (κ3) is 9.29. The number of hydrogen-bond donors (Lipinski definition) is 10. The van der Waals surface area contributed by atoms with Gasteiger partial charge in [-0.2, -0.15) is 0 Å². The van der Waals surface area contributed by atoms with Gasteiger partial charge in [-0.25, -0.2) is 0 Å². The van der Waals surface area contributed by atoms with Crippen molar-refractivity contribution in [3.05, 3.63) is 24.3 Å². The second-order valence-corrected chi connectivity index (χ2v) is 19.2. The minimum absolute atomic E-state index is 0.0418. The van der Waals surface area contributed by atoms with E-state index in [1.54, 1.807) is 13.0 Å². The summed E-state index contributed by atoms with van der Waals surface area (Å²) in [5, 5.41) is 107. The van der Waals surface area contributed by atoms with E-state index in [9.17, 15) is 51.1 Å². The van der Waals surface area contributed by atoms with Gasteiger partial charge >= 0.3 is 0 Å². The van der Waals surface area contributed by atoms with Crippen molar-refractivity contribution in [2.24, 2.45) is 22.7 Å². The summed E-state index contributed by atoms with van der Waals surface area (Å²) < 4.78 is 49.2. The fraction of sp³-hybridized carbons (Fsp3) is 0.907. The second kappa shape index (κ2) is 18.9. The van der Waals surface area contributed by atoms with Crippen molar-refractivity contribution in [1.82, 2.24) is 0 Å². The van der Waals surface area contributed by atoms with Crippen molar-refractivity contribution in [1.29, 1.82) is 0 Å². The maximum atomic E-state index is 12.1. The molecule has 0 aromatic carbocycles. The molecule has 0 radical (unpaired) electrons. The first-order chi connectivity index (χ1) is 28.5. The van der Waals surface area contributed by atoms with Crippen LogP contribution in [0.5, 0.6) is 0 Å². The van der Waals surface area contributed by atoms with E-state index in [1.165, 1.54) is 13.8 Å². The van der Waals surface area contributed by atoms with Crippen LogP contribution in [-0.2, 0) is 37.9 Å². The molecule has 5 fully saturated rings. The second-order valence-electron chi connectivity index (χ2n) is 19.2. The van der Waals surface area contributed by atoms with Gasteiger partial charge in [0.15, 0.2) is 25.2 Å². The summed E-state index contributed by atoms with van der Waals surface area (Å²) in [6, 6.07) is 0. The van der Waals surface area contributed by atoms with E-state index in [-0.39, 0.29) is 23.9 Å². The van der Waals surface area contributed by atoms with Gasteiger partial charge in [0, 0.05) is 5.41 Å².